The van der Waals surface area contributed by atoms with Crippen molar-refractivity contribution in [1.82, 2.24) is 10.2 Å². The van der Waals surface area contributed by atoms with Crippen molar-refractivity contribution in [3.63, 3.8) is 0 Å². The lowest BCUT2D eigenvalue weighted by Crippen LogP contribution is -2.52. The number of ether oxygens (including phenoxy) is 1. The van der Waals surface area contributed by atoms with Gasteiger partial charge in [-0.2, -0.15) is 0 Å². The molecule has 168 valence electrons. The molecule has 2 amide bonds. The average molecular weight is 423 g/mol. The van der Waals surface area contributed by atoms with E-state index >= 15 is 0 Å². The summed E-state index contributed by atoms with van der Waals surface area (Å²) in [6, 6.07) is 9.48. The molecule has 0 bridgehead atoms. The average Bonchev–Trinajstić information content (AvgIpc) is 2.65. The monoisotopic (exact) mass is 422 g/mol. The summed E-state index contributed by atoms with van der Waals surface area (Å²) in [6.07, 6.45) is 0.728. The van der Waals surface area contributed by atoms with Gasteiger partial charge in [0.15, 0.2) is 0 Å². The van der Waals surface area contributed by atoms with E-state index in [0.717, 1.165) is 18.4 Å². The van der Waals surface area contributed by atoms with Gasteiger partial charge in [-0.3, -0.25) is 0 Å². The van der Waals surface area contributed by atoms with Gasteiger partial charge in [0.2, 0.25) is 0 Å². The van der Waals surface area contributed by atoms with Crippen LogP contribution in [0.15, 0.2) is 30.3 Å². The Kier molecular flexibility index (Phi) is 8.50. The van der Waals surface area contributed by atoms with E-state index in [1.807, 2.05) is 30.3 Å². The van der Waals surface area contributed by atoms with Crippen LogP contribution >= 0.6 is 0 Å². The van der Waals surface area contributed by atoms with Gasteiger partial charge in [-0.1, -0.05) is 30.3 Å². The van der Waals surface area contributed by atoms with Crippen molar-refractivity contribution in [2.45, 2.75) is 70.7 Å². The number of rotatable bonds is 7. The third-order valence-electron chi connectivity index (χ3n) is 5.64. The van der Waals surface area contributed by atoms with E-state index in [1.54, 1.807) is 20.8 Å². The lowest BCUT2D eigenvalue weighted by molar-refractivity contribution is 0.0431. The summed E-state index contributed by atoms with van der Waals surface area (Å²) in [5.41, 5.74) is 0.452. The van der Waals surface area contributed by atoms with Crippen molar-refractivity contribution in [3.8, 4) is 0 Å². The molecule has 0 radical (unpaired) electrons. The van der Waals surface area contributed by atoms with Crippen LogP contribution in [-0.2, 0) is 11.2 Å². The van der Waals surface area contributed by atoms with Gasteiger partial charge in [-0.15, -0.1) is 0 Å². The Labute approximate surface area is 178 Å². The van der Waals surface area contributed by atoms with Gasteiger partial charge in [0.25, 0.3) is 0 Å². The summed E-state index contributed by atoms with van der Waals surface area (Å²) < 4.78 is 19.2. The lowest BCUT2D eigenvalue weighted by Gasteiger charge is -2.38. The van der Waals surface area contributed by atoms with E-state index in [-0.39, 0.29) is 18.4 Å². The van der Waals surface area contributed by atoms with Crippen molar-refractivity contribution in [2.24, 2.45) is 11.8 Å². The molecule has 1 aliphatic carbocycles. The third-order valence-corrected chi connectivity index (χ3v) is 5.64. The van der Waals surface area contributed by atoms with Crippen molar-refractivity contribution in [3.05, 3.63) is 35.9 Å². The number of nitrogens with zero attached hydrogens (tertiary/aromatic N) is 1. The molecule has 30 heavy (non-hydrogen) atoms. The van der Waals surface area contributed by atoms with Gasteiger partial charge in [0, 0.05) is 13.6 Å². The highest BCUT2D eigenvalue weighted by Crippen LogP contribution is 2.35. The smallest absolute Gasteiger partial charge is 0.407 e. The van der Waals surface area contributed by atoms with E-state index in [0.29, 0.717) is 19.3 Å². The summed E-state index contributed by atoms with van der Waals surface area (Å²) in [6.45, 7) is 5.50. The maximum atomic E-state index is 13.8. The number of alkyl carbamates (subject to hydrolysis) is 1. The Morgan fingerprint density at radius 3 is 2.33 bits per heavy atom. The van der Waals surface area contributed by atoms with Gasteiger partial charge in [-0.05, 0) is 70.3 Å². The number of likely N-dealkylation sites (N-methyl/N-ethyl adjacent to an activating group) is 1. The van der Waals surface area contributed by atoms with Gasteiger partial charge in [0.05, 0.1) is 6.04 Å². The normalized spacial score (nSPS) is 21.4. The highest BCUT2D eigenvalue weighted by molar-refractivity contribution is 5.68. The number of halogens is 1. The van der Waals surface area contributed by atoms with Crippen molar-refractivity contribution in [2.75, 3.05) is 13.6 Å². The highest BCUT2D eigenvalue weighted by atomic mass is 19.1. The highest BCUT2D eigenvalue weighted by Gasteiger charge is 2.35. The van der Waals surface area contributed by atoms with E-state index < -0.39 is 30.0 Å². The molecule has 1 aromatic rings. The molecule has 1 aromatic carbocycles. The minimum atomic E-state index is -1.06. The van der Waals surface area contributed by atoms with Crippen molar-refractivity contribution in [1.29, 1.82) is 0 Å². The molecule has 0 aliphatic heterocycles. The second-order valence-corrected chi connectivity index (χ2v) is 9.28. The van der Waals surface area contributed by atoms with E-state index in [1.165, 1.54) is 11.9 Å². The number of carboxylic acid groups (broad SMARTS) is 1. The zero-order chi connectivity index (χ0) is 22.3. The number of alkyl halides is 1. The first-order valence-electron chi connectivity index (χ1n) is 10.7. The second-order valence-electron chi connectivity index (χ2n) is 9.28. The number of carbonyl (C=O) groups excluding carboxylic acids is 1. The molecule has 6 nitrogen and oxygen atoms in total. The fraction of sp³-hybridized carbons (Fsp3) is 0.652. The number of amides is 2. The first-order chi connectivity index (χ1) is 14.0. The quantitative estimate of drug-likeness (QED) is 0.657. The maximum absolute atomic E-state index is 13.8. The summed E-state index contributed by atoms with van der Waals surface area (Å²) in [5, 5.41) is 12.3. The summed E-state index contributed by atoms with van der Waals surface area (Å²) >= 11 is 0. The topological polar surface area (TPSA) is 78.9 Å². The van der Waals surface area contributed by atoms with Crippen LogP contribution in [0, 0.1) is 11.8 Å². The maximum Gasteiger partial charge on any atom is 0.407 e. The summed E-state index contributed by atoms with van der Waals surface area (Å²) in [5.74, 6) is 0.161. The molecule has 0 heterocycles. The molecule has 2 atom stereocenters. The number of hydrogen-bond acceptors (Lipinski definition) is 3. The molecule has 2 rings (SSSR count). The Morgan fingerprint density at radius 1 is 1.20 bits per heavy atom. The Balaban J connectivity index is 2.28. The SMILES string of the molecule is CN(CC(NC(=O)OC(C)(C)C)C(Cc1ccccc1)C1CCC(F)CC1)C(=O)O. The van der Waals surface area contributed by atoms with E-state index in [4.69, 9.17) is 4.74 Å². The van der Waals surface area contributed by atoms with Crippen LogP contribution < -0.4 is 5.32 Å². The molecule has 0 aromatic heterocycles. The van der Waals surface area contributed by atoms with Crippen LogP contribution in [0.1, 0.15) is 52.0 Å². The fourth-order valence-corrected chi connectivity index (χ4v) is 4.15. The third kappa shape index (κ3) is 7.84. The Bertz CT molecular complexity index is 684. The van der Waals surface area contributed by atoms with Crippen LogP contribution in [0.4, 0.5) is 14.0 Å². The standard InChI is InChI=1S/C23H35FN2O4/c1-23(2,3)30-21(27)25-20(15-26(4)22(28)29)19(14-16-8-6-5-7-9-16)17-10-12-18(24)13-11-17/h5-9,17-20H,10-15H2,1-4H3,(H,25,27)(H,28,29). The van der Waals surface area contributed by atoms with Crippen LogP contribution in [0.2, 0.25) is 0 Å². The van der Waals surface area contributed by atoms with Crippen LogP contribution in [0.3, 0.4) is 0 Å². The largest absolute Gasteiger partial charge is 0.465 e. The number of hydrogen-bond donors (Lipinski definition) is 2. The first-order valence-corrected chi connectivity index (χ1v) is 10.7. The molecule has 2 unspecified atom stereocenters. The summed E-state index contributed by atoms with van der Waals surface area (Å²) in [7, 11) is 1.49. The molecule has 1 fully saturated rings. The Hall–Kier alpha value is -2.31. The molecular weight excluding hydrogens is 387 g/mol. The molecular formula is C23H35FN2O4. The number of carbonyl (C=O) groups is 2. The van der Waals surface area contributed by atoms with Crippen molar-refractivity contribution < 1.29 is 23.8 Å². The van der Waals surface area contributed by atoms with Crippen molar-refractivity contribution >= 4 is 12.2 Å². The fourth-order valence-electron chi connectivity index (χ4n) is 4.15. The first kappa shape index (κ1) is 24.0. The predicted molar refractivity (Wildman–Crippen MR) is 114 cm³/mol. The molecule has 1 aliphatic rings. The summed E-state index contributed by atoms with van der Waals surface area (Å²) in [4.78, 5) is 25.2. The molecule has 0 spiro atoms. The lowest BCUT2D eigenvalue weighted by atomic mass is 9.73. The van der Waals surface area contributed by atoms with Gasteiger partial charge >= 0.3 is 12.2 Å². The second kappa shape index (κ2) is 10.6. The van der Waals surface area contributed by atoms with Crippen LogP contribution in [0.5, 0.6) is 0 Å². The van der Waals surface area contributed by atoms with E-state index in [2.05, 4.69) is 5.32 Å². The number of nitrogens with one attached hydrogen (secondary N) is 1. The number of benzene rings is 1. The molecule has 0 saturated heterocycles. The van der Waals surface area contributed by atoms with Gasteiger partial charge in [-0.25, -0.2) is 14.0 Å². The van der Waals surface area contributed by atoms with Gasteiger partial charge in [0.1, 0.15) is 11.8 Å². The zero-order valence-electron chi connectivity index (χ0n) is 18.4. The molecule has 7 heteroatoms. The van der Waals surface area contributed by atoms with Gasteiger partial charge < -0.3 is 20.1 Å². The minimum absolute atomic E-state index is 0.0331. The molecule has 2 N–H and O–H groups in total. The van der Waals surface area contributed by atoms with E-state index in [9.17, 15) is 19.1 Å². The molecule has 1 saturated carbocycles. The van der Waals surface area contributed by atoms with Crippen LogP contribution in [0.25, 0.3) is 0 Å². The Morgan fingerprint density at radius 2 is 1.80 bits per heavy atom. The zero-order valence-corrected chi connectivity index (χ0v) is 18.4. The minimum Gasteiger partial charge on any atom is -0.465 e. The van der Waals surface area contributed by atoms with Crippen LogP contribution in [-0.4, -0.2) is 53.6 Å². The predicted octanol–water partition coefficient (Wildman–Crippen LogP) is 4.88.